The van der Waals surface area contributed by atoms with E-state index >= 15 is 0 Å². The number of nitrogens with one attached hydrogen (secondary N) is 1. The topological polar surface area (TPSA) is 62.4 Å². The fourth-order valence-corrected chi connectivity index (χ4v) is 2.43. The van der Waals surface area contributed by atoms with Crippen LogP contribution in [0.2, 0.25) is 0 Å². The van der Waals surface area contributed by atoms with Crippen LogP contribution in [0, 0.1) is 0 Å². The van der Waals surface area contributed by atoms with E-state index in [2.05, 4.69) is 4.98 Å². The van der Waals surface area contributed by atoms with E-state index in [4.69, 9.17) is 4.74 Å². The van der Waals surface area contributed by atoms with Gasteiger partial charge in [0.25, 0.3) is 0 Å². The fourth-order valence-electron chi connectivity index (χ4n) is 2.43. The monoisotopic (exact) mass is 278 g/mol. The summed E-state index contributed by atoms with van der Waals surface area (Å²) in [6.07, 6.45) is 1.61. The summed E-state index contributed by atoms with van der Waals surface area (Å²) in [6, 6.07) is 5.16. The first kappa shape index (κ1) is 14.6. The number of hydrogen-bond acceptors (Lipinski definition) is 3. The third kappa shape index (κ3) is 3.85. The highest BCUT2D eigenvalue weighted by atomic mass is 16.6. The summed E-state index contributed by atoms with van der Waals surface area (Å²) in [5.74, 6) is 0.171. The highest BCUT2D eigenvalue weighted by Crippen LogP contribution is 2.25. The van der Waals surface area contributed by atoms with Crippen LogP contribution in [0.4, 0.5) is 4.79 Å². The Kier molecular flexibility index (Phi) is 4.16. The van der Waals surface area contributed by atoms with E-state index in [1.165, 1.54) is 6.07 Å². The number of aromatic amines is 1. The Morgan fingerprint density at radius 3 is 2.80 bits per heavy atom. The molecular formula is C15H22N2O3. The number of aromatic nitrogens is 1. The van der Waals surface area contributed by atoms with E-state index in [-0.39, 0.29) is 17.6 Å². The van der Waals surface area contributed by atoms with Gasteiger partial charge in [-0.1, -0.05) is 6.07 Å². The molecule has 0 saturated carbocycles. The van der Waals surface area contributed by atoms with Crippen LogP contribution in [-0.4, -0.2) is 34.7 Å². The third-order valence-corrected chi connectivity index (χ3v) is 3.30. The zero-order valence-electron chi connectivity index (χ0n) is 12.3. The molecule has 2 heterocycles. The minimum Gasteiger partial charge on any atom is -0.444 e. The predicted octanol–water partition coefficient (Wildman–Crippen LogP) is 2.49. The Labute approximate surface area is 118 Å². The lowest BCUT2D eigenvalue weighted by Crippen LogP contribution is -2.42. The summed E-state index contributed by atoms with van der Waals surface area (Å²) in [4.78, 5) is 28.0. The van der Waals surface area contributed by atoms with Crippen LogP contribution < -0.4 is 5.56 Å². The maximum atomic E-state index is 12.1. The van der Waals surface area contributed by atoms with Crippen LogP contribution in [0.5, 0.6) is 0 Å². The smallest absolute Gasteiger partial charge is 0.410 e. The quantitative estimate of drug-likeness (QED) is 0.858. The zero-order valence-corrected chi connectivity index (χ0v) is 12.3. The van der Waals surface area contributed by atoms with E-state index in [0.29, 0.717) is 13.1 Å². The molecule has 0 bridgehead atoms. The van der Waals surface area contributed by atoms with Gasteiger partial charge in [-0.25, -0.2) is 4.79 Å². The lowest BCUT2D eigenvalue weighted by molar-refractivity contribution is 0.0197. The zero-order chi connectivity index (χ0) is 14.8. The van der Waals surface area contributed by atoms with Crippen LogP contribution in [-0.2, 0) is 4.74 Å². The largest absolute Gasteiger partial charge is 0.444 e. The van der Waals surface area contributed by atoms with E-state index in [1.807, 2.05) is 26.8 Å². The molecule has 20 heavy (non-hydrogen) atoms. The second kappa shape index (κ2) is 5.69. The van der Waals surface area contributed by atoms with Crippen molar-refractivity contribution in [1.29, 1.82) is 0 Å². The molecule has 5 nitrogen and oxygen atoms in total. The van der Waals surface area contributed by atoms with Crippen LogP contribution in [0.15, 0.2) is 23.0 Å². The van der Waals surface area contributed by atoms with Crippen molar-refractivity contribution in [3.8, 4) is 0 Å². The molecule has 0 spiro atoms. The molecule has 5 heteroatoms. The van der Waals surface area contributed by atoms with Gasteiger partial charge < -0.3 is 14.6 Å². The fraction of sp³-hybridized carbons (Fsp3) is 0.600. The van der Waals surface area contributed by atoms with Gasteiger partial charge in [0, 0.05) is 30.8 Å². The van der Waals surface area contributed by atoms with Gasteiger partial charge in [0.1, 0.15) is 5.60 Å². The summed E-state index contributed by atoms with van der Waals surface area (Å²) in [5, 5.41) is 0. The number of ether oxygens (including phenoxy) is 1. The number of piperidine rings is 1. The van der Waals surface area contributed by atoms with Crippen molar-refractivity contribution in [2.24, 2.45) is 0 Å². The maximum absolute atomic E-state index is 12.1. The number of carbonyl (C=O) groups excluding carboxylic acids is 1. The summed E-state index contributed by atoms with van der Waals surface area (Å²) in [5.41, 5.74) is 0.313. The highest BCUT2D eigenvalue weighted by molar-refractivity contribution is 5.68. The number of pyridine rings is 1. The molecule has 2 rings (SSSR count). The third-order valence-electron chi connectivity index (χ3n) is 3.30. The van der Waals surface area contributed by atoms with Gasteiger partial charge in [-0.15, -0.1) is 0 Å². The van der Waals surface area contributed by atoms with Gasteiger partial charge in [-0.2, -0.15) is 0 Å². The standard InChI is InChI=1S/C15H22N2O3/c1-15(2,3)20-14(19)17-9-5-6-11(10-17)12-7-4-8-13(18)16-12/h4,7-8,11H,5-6,9-10H2,1-3H3,(H,16,18). The summed E-state index contributed by atoms with van der Waals surface area (Å²) in [7, 11) is 0. The van der Waals surface area contributed by atoms with Gasteiger partial charge in [0.15, 0.2) is 0 Å². The highest BCUT2D eigenvalue weighted by Gasteiger charge is 2.28. The molecule has 1 aromatic heterocycles. The molecular weight excluding hydrogens is 256 g/mol. The first-order valence-corrected chi connectivity index (χ1v) is 7.02. The number of nitrogens with zero attached hydrogens (tertiary/aromatic N) is 1. The summed E-state index contributed by atoms with van der Waals surface area (Å²) in [6.45, 7) is 6.89. The van der Waals surface area contributed by atoms with E-state index in [9.17, 15) is 9.59 Å². The van der Waals surface area contributed by atoms with Gasteiger partial charge in [-0.05, 0) is 39.7 Å². The van der Waals surface area contributed by atoms with Crippen LogP contribution >= 0.6 is 0 Å². The Morgan fingerprint density at radius 2 is 2.15 bits per heavy atom. The minimum atomic E-state index is -0.481. The van der Waals surface area contributed by atoms with Crippen molar-refractivity contribution in [2.45, 2.75) is 45.1 Å². The van der Waals surface area contributed by atoms with Crippen molar-refractivity contribution in [2.75, 3.05) is 13.1 Å². The maximum Gasteiger partial charge on any atom is 0.410 e. The molecule has 0 aliphatic carbocycles. The molecule has 1 aliphatic rings. The molecule has 0 radical (unpaired) electrons. The number of rotatable bonds is 1. The molecule has 1 fully saturated rings. The first-order valence-electron chi connectivity index (χ1n) is 7.02. The van der Waals surface area contributed by atoms with Crippen LogP contribution in [0.1, 0.15) is 45.2 Å². The Balaban J connectivity index is 2.05. The summed E-state index contributed by atoms with van der Waals surface area (Å²) < 4.78 is 5.40. The molecule has 1 saturated heterocycles. The number of amides is 1. The predicted molar refractivity (Wildman–Crippen MR) is 76.8 cm³/mol. The molecule has 1 amide bonds. The van der Waals surface area contributed by atoms with Crippen molar-refractivity contribution >= 4 is 6.09 Å². The van der Waals surface area contributed by atoms with Crippen molar-refractivity contribution in [3.63, 3.8) is 0 Å². The van der Waals surface area contributed by atoms with Gasteiger partial charge in [0.2, 0.25) is 5.56 Å². The number of carbonyl (C=O) groups is 1. The number of likely N-dealkylation sites (tertiary alicyclic amines) is 1. The molecule has 0 aromatic carbocycles. The van der Waals surface area contributed by atoms with E-state index in [1.54, 1.807) is 11.0 Å². The van der Waals surface area contributed by atoms with Gasteiger partial charge in [-0.3, -0.25) is 4.79 Å². The van der Waals surface area contributed by atoms with Gasteiger partial charge >= 0.3 is 6.09 Å². The van der Waals surface area contributed by atoms with E-state index < -0.39 is 5.60 Å². The molecule has 1 atom stereocenters. The van der Waals surface area contributed by atoms with Crippen molar-refractivity contribution in [3.05, 3.63) is 34.2 Å². The van der Waals surface area contributed by atoms with E-state index in [0.717, 1.165) is 18.5 Å². The van der Waals surface area contributed by atoms with Crippen molar-refractivity contribution < 1.29 is 9.53 Å². The molecule has 1 aliphatic heterocycles. The number of hydrogen-bond donors (Lipinski definition) is 1. The molecule has 1 unspecified atom stereocenters. The van der Waals surface area contributed by atoms with Gasteiger partial charge in [0.05, 0.1) is 0 Å². The average molecular weight is 278 g/mol. The Morgan fingerprint density at radius 1 is 1.40 bits per heavy atom. The number of H-pyrrole nitrogens is 1. The first-order chi connectivity index (χ1) is 9.35. The van der Waals surface area contributed by atoms with Crippen molar-refractivity contribution in [1.82, 2.24) is 9.88 Å². The average Bonchev–Trinajstić information content (AvgIpc) is 2.37. The Hall–Kier alpha value is -1.78. The Bertz CT molecular complexity index is 530. The van der Waals surface area contributed by atoms with Crippen LogP contribution in [0.25, 0.3) is 0 Å². The second-order valence-corrected chi connectivity index (χ2v) is 6.24. The molecule has 1 aromatic rings. The lowest BCUT2D eigenvalue weighted by atomic mass is 9.94. The SMILES string of the molecule is CC(C)(C)OC(=O)N1CCCC(c2cccc(=O)[nH]2)C1. The molecule has 110 valence electrons. The molecule has 1 N–H and O–H groups in total. The summed E-state index contributed by atoms with van der Waals surface area (Å²) >= 11 is 0. The second-order valence-electron chi connectivity index (χ2n) is 6.24. The minimum absolute atomic E-state index is 0.100. The van der Waals surface area contributed by atoms with Crippen LogP contribution in [0.3, 0.4) is 0 Å². The lowest BCUT2D eigenvalue weighted by Gasteiger charge is -2.34. The normalized spacial score (nSPS) is 19.8.